The van der Waals surface area contributed by atoms with Crippen molar-refractivity contribution < 1.29 is 4.79 Å². The van der Waals surface area contributed by atoms with Crippen LogP contribution in [-0.2, 0) is 24.2 Å². The van der Waals surface area contributed by atoms with Crippen LogP contribution in [-0.4, -0.2) is 15.6 Å². The minimum Gasteiger partial charge on any atom is -0.294 e. The summed E-state index contributed by atoms with van der Waals surface area (Å²) in [5.41, 5.74) is 1.64. The van der Waals surface area contributed by atoms with Crippen LogP contribution in [0.15, 0.2) is 12.7 Å². The largest absolute Gasteiger partial charge is 0.294 e. The summed E-state index contributed by atoms with van der Waals surface area (Å²) in [4.78, 5) is 11.3. The fraction of sp³-hybridized carbons (Fsp3) is 0.455. The summed E-state index contributed by atoms with van der Waals surface area (Å²) in [5.74, 6) is -0.0332. The van der Waals surface area contributed by atoms with E-state index in [2.05, 4.69) is 11.7 Å². The number of nitrogens with zero attached hydrogens (tertiary/aromatic N) is 2. The van der Waals surface area contributed by atoms with Gasteiger partial charge in [0.1, 0.15) is 0 Å². The van der Waals surface area contributed by atoms with Crippen LogP contribution in [0.5, 0.6) is 0 Å². The number of allylic oxidation sites excluding steroid dienone is 1. The van der Waals surface area contributed by atoms with Gasteiger partial charge < -0.3 is 0 Å². The van der Waals surface area contributed by atoms with E-state index >= 15 is 0 Å². The summed E-state index contributed by atoms with van der Waals surface area (Å²) in [6.07, 6.45) is 2.37. The average molecular weight is 227 g/mol. The summed E-state index contributed by atoms with van der Waals surface area (Å²) in [6, 6.07) is 0. The van der Waals surface area contributed by atoms with Crippen LogP contribution in [0, 0.1) is 0 Å². The highest BCUT2D eigenvalue weighted by Crippen LogP contribution is 2.22. The van der Waals surface area contributed by atoms with Gasteiger partial charge in [-0.3, -0.25) is 9.48 Å². The maximum atomic E-state index is 11.3. The smallest absolute Gasteiger partial charge is 0.161 e. The highest BCUT2D eigenvalue weighted by Gasteiger charge is 2.15. The first kappa shape index (κ1) is 12.0. The Hall–Kier alpha value is -1.09. The number of ketones is 1. The molecule has 0 unspecified atom stereocenters. The SMILES string of the molecule is C=CC(=O)Cc1c(Cl)c(CC)nn1CC. The number of aromatic nitrogens is 2. The second kappa shape index (κ2) is 5.12. The maximum Gasteiger partial charge on any atom is 0.161 e. The standard InChI is InChI=1S/C11H15ClN2O/c1-4-8(15)7-10-11(12)9(5-2)13-14(10)6-3/h4H,1,5-7H2,2-3H3. The number of hydrogen-bond donors (Lipinski definition) is 0. The second-order valence-electron chi connectivity index (χ2n) is 3.22. The van der Waals surface area contributed by atoms with Crippen LogP contribution in [0.2, 0.25) is 5.02 Å². The van der Waals surface area contributed by atoms with Crippen molar-refractivity contribution in [2.75, 3.05) is 0 Å². The molecule has 0 radical (unpaired) electrons. The second-order valence-corrected chi connectivity index (χ2v) is 3.60. The zero-order valence-electron chi connectivity index (χ0n) is 9.09. The van der Waals surface area contributed by atoms with E-state index in [1.165, 1.54) is 6.08 Å². The molecular formula is C11H15ClN2O. The predicted octanol–water partition coefficient (Wildman–Crippen LogP) is 2.42. The third kappa shape index (κ3) is 2.48. The molecule has 0 aliphatic rings. The lowest BCUT2D eigenvalue weighted by Gasteiger charge is -2.02. The van der Waals surface area contributed by atoms with Gasteiger partial charge in [-0.15, -0.1) is 0 Å². The fourth-order valence-corrected chi connectivity index (χ4v) is 1.76. The van der Waals surface area contributed by atoms with Crippen LogP contribution in [0.3, 0.4) is 0 Å². The molecule has 0 saturated carbocycles. The van der Waals surface area contributed by atoms with Gasteiger partial charge in [0.05, 0.1) is 22.8 Å². The molecule has 0 aliphatic carbocycles. The topological polar surface area (TPSA) is 34.9 Å². The normalized spacial score (nSPS) is 10.3. The molecule has 0 amide bonds. The monoisotopic (exact) mass is 226 g/mol. The molecule has 0 saturated heterocycles. The van der Waals surface area contributed by atoms with Crippen LogP contribution < -0.4 is 0 Å². The summed E-state index contributed by atoms with van der Waals surface area (Å²) in [7, 11) is 0. The van der Waals surface area contributed by atoms with Gasteiger partial charge in [0.15, 0.2) is 5.78 Å². The van der Waals surface area contributed by atoms with Crippen molar-refractivity contribution in [3.8, 4) is 0 Å². The van der Waals surface area contributed by atoms with Crippen LogP contribution >= 0.6 is 11.6 Å². The van der Waals surface area contributed by atoms with Crippen LogP contribution in [0.1, 0.15) is 25.2 Å². The lowest BCUT2D eigenvalue weighted by molar-refractivity contribution is -0.114. The van der Waals surface area contributed by atoms with Crippen molar-refractivity contribution in [1.82, 2.24) is 9.78 Å². The highest BCUT2D eigenvalue weighted by molar-refractivity contribution is 6.32. The molecule has 1 heterocycles. The van der Waals surface area contributed by atoms with E-state index in [4.69, 9.17) is 11.6 Å². The summed E-state index contributed by atoms with van der Waals surface area (Å²) < 4.78 is 1.78. The van der Waals surface area contributed by atoms with Gasteiger partial charge >= 0.3 is 0 Å². The maximum absolute atomic E-state index is 11.3. The van der Waals surface area contributed by atoms with Gasteiger partial charge in [0.2, 0.25) is 0 Å². The van der Waals surface area contributed by atoms with Gasteiger partial charge in [-0.1, -0.05) is 25.1 Å². The first-order valence-corrected chi connectivity index (χ1v) is 5.41. The number of aryl methyl sites for hydroxylation is 2. The Morgan fingerprint density at radius 1 is 1.60 bits per heavy atom. The van der Waals surface area contributed by atoms with E-state index in [9.17, 15) is 4.79 Å². The fourth-order valence-electron chi connectivity index (χ4n) is 1.42. The minimum absolute atomic E-state index is 0.0332. The Balaban J connectivity index is 3.08. The number of halogens is 1. The van der Waals surface area contributed by atoms with Crippen molar-refractivity contribution in [2.45, 2.75) is 33.2 Å². The number of rotatable bonds is 5. The lowest BCUT2D eigenvalue weighted by Crippen LogP contribution is -2.07. The van der Waals surface area contributed by atoms with Crippen molar-refractivity contribution in [1.29, 1.82) is 0 Å². The molecule has 15 heavy (non-hydrogen) atoms. The van der Waals surface area contributed by atoms with Crippen molar-refractivity contribution in [3.05, 3.63) is 29.1 Å². The molecule has 0 aliphatic heterocycles. The first-order chi connectivity index (χ1) is 7.13. The Labute approximate surface area is 94.7 Å². The molecule has 3 nitrogen and oxygen atoms in total. The molecule has 4 heteroatoms. The third-order valence-corrected chi connectivity index (χ3v) is 2.70. The van der Waals surface area contributed by atoms with Crippen LogP contribution in [0.25, 0.3) is 0 Å². The summed E-state index contributed by atoms with van der Waals surface area (Å²) in [6.45, 7) is 8.14. The Kier molecular flexibility index (Phi) is 4.09. The van der Waals surface area contributed by atoms with E-state index in [-0.39, 0.29) is 12.2 Å². The number of carbonyl (C=O) groups is 1. The van der Waals surface area contributed by atoms with E-state index < -0.39 is 0 Å². The molecule has 0 bridgehead atoms. The molecule has 1 aromatic heterocycles. The Morgan fingerprint density at radius 3 is 2.73 bits per heavy atom. The molecule has 0 spiro atoms. The molecule has 1 aromatic rings. The molecular weight excluding hydrogens is 212 g/mol. The number of carbonyl (C=O) groups excluding carboxylic acids is 1. The molecule has 0 aromatic carbocycles. The summed E-state index contributed by atoms with van der Waals surface area (Å²) >= 11 is 6.14. The minimum atomic E-state index is -0.0332. The Bertz CT molecular complexity index is 382. The quantitative estimate of drug-likeness (QED) is 0.723. The predicted molar refractivity (Wildman–Crippen MR) is 61.2 cm³/mol. The first-order valence-electron chi connectivity index (χ1n) is 5.03. The molecule has 0 fully saturated rings. The molecule has 0 N–H and O–H groups in total. The van der Waals surface area contributed by atoms with Crippen molar-refractivity contribution >= 4 is 17.4 Å². The molecule has 0 atom stereocenters. The van der Waals surface area contributed by atoms with E-state index in [1.807, 2.05) is 13.8 Å². The average Bonchev–Trinajstić information content (AvgIpc) is 2.55. The number of hydrogen-bond acceptors (Lipinski definition) is 2. The zero-order valence-corrected chi connectivity index (χ0v) is 9.84. The van der Waals surface area contributed by atoms with Gasteiger partial charge in [-0.2, -0.15) is 5.10 Å². The molecule has 1 rings (SSSR count). The van der Waals surface area contributed by atoms with Crippen LogP contribution in [0.4, 0.5) is 0 Å². The van der Waals surface area contributed by atoms with Gasteiger partial charge in [-0.05, 0) is 19.4 Å². The Morgan fingerprint density at radius 2 is 2.27 bits per heavy atom. The van der Waals surface area contributed by atoms with Crippen molar-refractivity contribution in [2.24, 2.45) is 0 Å². The lowest BCUT2D eigenvalue weighted by atomic mass is 10.2. The highest BCUT2D eigenvalue weighted by atomic mass is 35.5. The van der Waals surface area contributed by atoms with Gasteiger partial charge in [0, 0.05) is 6.54 Å². The van der Waals surface area contributed by atoms with E-state index in [0.717, 1.165) is 24.4 Å². The van der Waals surface area contributed by atoms with E-state index in [0.29, 0.717) is 5.02 Å². The van der Waals surface area contributed by atoms with E-state index in [1.54, 1.807) is 4.68 Å². The van der Waals surface area contributed by atoms with Gasteiger partial charge in [0.25, 0.3) is 0 Å². The molecule has 82 valence electrons. The summed E-state index contributed by atoms with van der Waals surface area (Å²) in [5, 5.41) is 4.95. The third-order valence-electron chi connectivity index (χ3n) is 2.26. The van der Waals surface area contributed by atoms with Crippen molar-refractivity contribution in [3.63, 3.8) is 0 Å². The van der Waals surface area contributed by atoms with Gasteiger partial charge in [-0.25, -0.2) is 0 Å². The zero-order chi connectivity index (χ0) is 11.4.